The second-order valence-electron chi connectivity index (χ2n) is 11.3. The predicted octanol–water partition coefficient (Wildman–Crippen LogP) is 3.19. The van der Waals surface area contributed by atoms with Crippen LogP contribution in [0.3, 0.4) is 0 Å². The molecule has 220 valence electrons. The number of hydrogen-bond acceptors (Lipinski definition) is 7. The van der Waals surface area contributed by atoms with Gasteiger partial charge in [-0.1, -0.05) is 30.3 Å². The van der Waals surface area contributed by atoms with E-state index in [0.29, 0.717) is 37.6 Å². The molecule has 0 saturated carbocycles. The Morgan fingerprint density at radius 2 is 1.63 bits per heavy atom. The van der Waals surface area contributed by atoms with Crippen LogP contribution < -0.4 is 20.3 Å². The molecule has 2 N–H and O–H groups in total. The summed E-state index contributed by atoms with van der Waals surface area (Å²) >= 11 is 0. The average molecular weight is 566 g/mol. The lowest BCUT2D eigenvalue weighted by Gasteiger charge is -2.34. The van der Waals surface area contributed by atoms with E-state index >= 15 is 0 Å². The first-order chi connectivity index (χ1) is 19.5. The standard InChI is InChI=1S/C30H39N5O6/c1-21-5-10-24(17-25(21)35-12-11-26(36)32-28(35)38)40-20-27(37)34-15-13-33(14-16-34)19-23-8-6-22(7-9-23)18-31-29(39)41-30(2,3)4/h5-10,17H,11-16,18-20H2,1-4H3,(H,31,39)(H,32,36,38). The highest BCUT2D eigenvalue weighted by atomic mass is 16.6. The van der Waals surface area contributed by atoms with E-state index in [0.717, 1.165) is 36.3 Å². The Kier molecular flexibility index (Phi) is 9.49. The molecule has 11 nitrogen and oxygen atoms in total. The van der Waals surface area contributed by atoms with Gasteiger partial charge in [0.25, 0.3) is 5.91 Å². The van der Waals surface area contributed by atoms with Crippen LogP contribution in [-0.4, -0.2) is 78.7 Å². The number of nitrogens with one attached hydrogen (secondary N) is 2. The van der Waals surface area contributed by atoms with Gasteiger partial charge in [0.2, 0.25) is 5.91 Å². The van der Waals surface area contributed by atoms with Crippen molar-refractivity contribution >= 4 is 29.6 Å². The van der Waals surface area contributed by atoms with E-state index in [-0.39, 0.29) is 24.8 Å². The van der Waals surface area contributed by atoms with Gasteiger partial charge in [-0.25, -0.2) is 9.59 Å². The lowest BCUT2D eigenvalue weighted by Crippen LogP contribution is -2.50. The molecule has 0 spiro atoms. The molecule has 5 amide bonds. The number of ether oxygens (including phenoxy) is 2. The van der Waals surface area contributed by atoms with Crippen LogP contribution in [0.1, 0.15) is 43.9 Å². The molecule has 41 heavy (non-hydrogen) atoms. The smallest absolute Gasteiger partial charge is 0.407 e. The van der Waals surface area contributed by atoms with Gasteiger partial charge >= 0.3 is 12.1 Å². The molecule has 0 aromatic heterocycles. The highest BCUT2D eigenvalue weighted by molar-refractivity contribution is 6.06. The van der Waals surface area contributed by atoms with E-state index in [1.807, 2.05) is 45.9 Å². The number of carbonyl (C=O) groups excluding carboxylic acids is 4. The number of carbonyl (C=O) groups is 4. The van der Waals surface area contributed by atoms with Gasteiger partial charge in [0.05, 0.1) is 5.69 Å². The third-order valence-corrected chi connectivity index (χ3v) is 6.88. The molecule has 0 aliphatic carbocycles. The Bertz CT molecular complexity index is 1270. The van der Waals surface area contributed by atoms with Crippen molar-refractivity contribution in [2.24, 2.45) is 0 Å². The number of aryl methyl sites for hydroxylation is 1. The number of amides is 5. The zero-order chi connectivity index (χ0) is 29.6. The minimum atomic E-state index is -0.529. The van der Waals surface area contributed by atoms with Crippen molar-refractivity contribution in [2.75, 3.05) is 44.2 Å². The fraction of sp³-hybridized carbons (Fsp3) is 0.467. The molecule has 2 aromatic rings. The fourth-order valence-electron chi connectivity index (χ4n) is 4.66. The van der Waals surface area contributed by atoms with Gasteiger partial charge in [-0.05, 0) is 50.5 Å². The van der Waals surface area contributed by atoms with Crippen LogP contribution in [0.25, 0.3) is 0 Å². The number of nitrogens with zero attached hydrogens (tertiary/aromatic N) is 3. The lowest BCUT2D eigenvalue weighted by atomic mass is 10.1. The molecular formula is C30H39N5O6. The Labute approximate surface area is 240 Å². The first kappa shape index (κ1) is 29.9. The highest BCUT2D eigenvalue weighted by Gasteiger charge is 2.26. The zero-order valence-corrected chi connectivity index (χ0v) is 24.2. The average Bonchev–Trinajstić information content (AvgIpc) is 2.92. The van der Waals surface area contributed by atoms with E-state index in [9.17, 15) is 19.2 Å². The van der Waals surface area contributed by atoms with Crippen molar-refractivity contribution < 1.29 is 28.7 Å². The molecule has 11 heteroatoms. The monoisotopic (exact) mass is 565 g/mol. The maximum absolute atomic E-state index is 12.8. The molecule has 0 bridgehead atoms. The summed E-state index contributed by atoms with van der Waals surface area (Å²) in [5, 5.41) is 5.10. The lowest BCUT2D eigenvalue weighted by molar-refractivity contribution is -0.135. The number of anilines is 1. The molecule has 4 rings (SSSR count). The minimum Gasteiger partial charge on any atom is -0.484 e. The van der Waals surface area contributed by atoms with Crippen molar-refractivity contribution in [3.8, 4) is 5.75 Å². The molecule has 2 heterocycles. The molecule has 2 aromatic carbocycles. The predicted molar refractivity (Wildman–Crippen MR) is 154 cm³/mol. The first-order valence-electron chi connectivity index (χ1n) is 13.9. The maximum Gasteiger partial charge on any atom is 0.407 e. The van der Waals surface area contributed by atoms with Crippen LogP contribution in [0.2, 0.25) is 0 Å². The number of urea groups is 1. The molecule has 0 atom stereocenters. The molecule has 0 radical (unpaired) electrons. The van der Waals surface area contributed by atoms with Gasteiger partial charge in [0.15, 0.2) is 6.61 Å². The molecular weight excluding hydrogens is 526 g/mol. The Hall–Kier alpha value is -4.12. The molecule has 2 aliphatic heterocycles. The highest BCUT2D eigenvalue weighted by Crippen LogP contribution is 2.27. The van der Waals surface area contributed by atoms with Crippen LogP contribution in [0.4, 0.5) is 15.3 Å². The Balaban J connectivity index is 1.20. The minimum absolute atomic E-state index is 0.0880. The first-order valence-corrected chi connectivity index (χ1v) is 13.9. The molecule has 0 unspecified atom stereocenters. The van der Waals surface area contributed by atoms with Crippen LogP contribution >= 0.6 is 0 Å². The quantitative estimate of drug-likeness (QED) is 0.504. The Morgan fingerprint density at radius 1 is 0.951 bits per heavy atom. The molecule has 2 fully saturated rings. The third-order valence-electron chi connectivity index (χ3n) is 6.88. The van der Waals surface area contributed by atoms with Crippen molar-refractivity contribution in [3.63, 3.8) is 0 Å². The van der Waals surface area contributed by atoms with Gasteiger partial charge in [0, 0.05) is 58.3 Å². The Morgan fingerprint density at radius 3 is 2.29 bits per heavy atom. The van der Waals surface area contributed by atoms with E-state index in [2.05, 4.69) is 27.7 Å². The second kappa shape index (κ2) is 13.0. The normalized spacial score (nSPS) is 16.3. The van der Waals surface area contributed by atoms with Crippen molar-refractivity contribution in [1.29, 1.82) is 0 Å². The van der Waals surface area contributed by atoms with Gasteiger partial charge < -0.3 is 19.7 Å². The third kappa shape index (κ3) is 8.68. The summed E-state index contributed by atoms with van der Waals surface area (Å²) in [6.07, 6.45) is -0.201. The summed E-state index contributed by atoms with van der Waals surface area (Å²) in [6.45, 7) is 11.5. The summed E-state index contributed by atoms with van der Waals surface area (Å²) < 4.78 is 11.1. The SMILES string of the molecule is Cc1ccc(OCC(=O)N2CCN(Cc3ccc(CNC(=O)OC(C)(C)C)cc3)CC2)cc1N1CCC(=O)NC1=O. The van der Waals surface area contributed by atoms with Crippen LogP contribution in [-0.2, 0) is 27.4 Å². The van der Waals surface area contributed by atoms with E-state index in [4.69, 9.17) is 9.47 Å². The summed E-state index contributed by atoms with van der Waals surface area (Å²) in [7, 11) is 0. The summed E-state index contributed by atoms with van der Waals surface area (Å²) in [5.74, 6) is 0.117. The number of alkyl carbamates (subject to hydrolysis) is 1. The van der Waals surface area contributed by atoms with Crippen LogP contribution in [0, 0.1) is 6.92 Å². The fourth-order valence-corrected chi connectivity index (χ4v) is 4.66. The number of imide groups is 1. The molecule has 2 aliphatic rings. The van der Waals surface area contributed by atoms with E-state index < -0.39 is 17.7 Å². The summed E-state index contributed by atoms with van der Waals surface area (Å²) in [5.41, 5.74) is 3.15. The molecule has 2 saturated heterocycles. The topological polar surface area (TPSA) is 121 Å². The van der Waals surface area contributed by atoms with Crippen molar-refractivity contribution in [2.45, 2.75) is 52.8 Å². The van der Waals surface area contributed by atoms with E-state index in [1.165, 1.54) is 4.90 Å². The zero-order valence-electron chi connectivity index (χ0n) is 24.2. The summed E-state index contributed by atoms with van der Waals surface area (Å²) in [4.78, 5) is 54.1. The second-order valence-corrected chi connectivity index (χ2v) is 11.3. The summed E-state index contributed by atoms with van der Waals surface area (Å²) in [6, 6.07) is 13.0. The number of rotatable bonds is 8. The van der Waals surface area contributed by atoms with Gasteiger partial charge in [-0.3, -0.25) is 24.7 Å². The number of benzene rings is 2. The number of piperazine rings is 1. The largest absolute Gasteiger partial charge is 0.484 e. The maximum atomic E-state index is 12.8. The van der Waals surface area contributed by atoms with Crippen molar-refractivity contribution in [1.82, 2.24) is 20.4 Å². The van der Waals surface area contributed by atoms with Crippen LogP contribution in [0.5, 0.6) is 5.75 Å². The van der Waals surface area contributed by atoms with Gasteiger partial charge in [-0.15, -0.1) is 0 Å². The van der Waals surface area contributed by atoms with Gasteiger partial charge in [0.1, 0.15) is 11.4 Å². The van der Waals surface area contributed by atoms with E-state index in [1.54, 1.807) is 17.0 Å². The van der Waals surface area contributed by atoms with Crippen LogP contribution in [0.15, 0.2) is 42.5 Å². The van der Waals surface area contributed by atoms with Gasteiger partial charge in [-0.2, -0.15) is 0 Å². The van der Waals surface area contributed by atoms with Crippen molar-refractivity contribution in [3.05, 3.63) is 59.2 Å². The number of hydrogen-bond donors (Lipinski definition) is 2.